The van der Waals surface area contributed by atoms with Gasteiger partial charge in [0.05, 0.1) is 0 Å². The zero-order valence-electron chi connectivity index (χ0n) is 12.2. The second-order valence-electron chi connectivity index (χ2n) is 5.12. The molecule has 0 radical (unpaired) electrons. The molecule has 1 aliphatic carbocycles. The summed E-state index contributed by atoms with van der Waals surface area (Å²) >= 11 is 1.95. The molecule has 0 aromatic rings. The highest BCUT2D eigenvalue weighted by molar-refractivity contribution is 7.99. The lowest BCUT2D eigenvalue weighted by atomic mass is 9.95. The Labute approximate surface area is 121 Å². The van der Waals surface area contributed by atoms with Gasteiger partial charge in [0, 0.05) is 23.9 Å². The van der Waals surface area contributed by atoms with Crippen LogP contribution in [0.15, 0.2) is 0 Å². The third-order valence-corrected chi connectivity index (χ3v) is 5.03. The molecule has 0 aromatic heterocycles. The van der Waals surface area contributed by atoms with Crippen molar-refractivity contribution in [3.8, 4) is 0 Å². The fourth-order valence-electron chi connectivity index (χ4n) is 2.61. The normalized spacial score (nSPS) is 24.8. The second kappa shape index (κ2) is 9.48. The fraction of sp³-hybridized carbons (Fsp3) is 0.929. The molecule has 3 N–H and O–H groups in total. The zero-order valence-corrected chi connectivity index (χ0v) is 13.0. The van der Waals surface area contributed by atoms with Crippen molar-refractivity contribution in [2.75, 3.05) is 12.4 Å². The summed E-state index contributed by atoms with van der Waals surface area (Å²) in [5.41, 5.74) is 0. The lowest BCUT2D eigenvalue weighted by Gasteiger charge is -2.32. The number of aliphatic hydroxyl groups excluding tert-OH is 1. The lowest BCUT2D eigenvalue weighted by molar-refractivity contribution is 0.221. The molecule has 3 unspecified atom stereocenters. The van der Waals surface area contributed by atoms with Crippen LogP contribution in [-0.4, -0.2) is 40.8 Å². The van der Waals surface area contributed by atoms with E-state index in [0.29, 0.717) is 17.7 Å². The largest absolute Gasteiger partial charge is 0.396 e. The van der Waals surface area contributed by atoms with E-state index in [0.717, 1.165) is 18.6 Å². The summed E-state index contributed by atoms with van der Waals surface area (Å²) in [5.74, 6) is 1.10. The summed E-state index contributed by atoms with van der Waals surface area (Å²) in [6.45, 7) is 4.32. The van der Waals surface area contributed by atoms with E-state index >= 15 is 0 Å². The molecular formula is C14H28N2O2S. The van der Waals surface area contributed by atoms with E-state index < -0.39 is 0 Å². The van der Waals surface area contributed by atoms with Crippen molar-refractivity contribution in [2.45, 2.75) is 69.7 Å². The Hall–Kier alpha value is -0.420. The number of carbonyl (C=O) groups excluding carboxylic acids is 1. The number of amides is 2. The average Bonchev–Trinajstić information content (AvgIpc) is 2.40. The molecule has 0 heterocycles. The summed E-state index contributed by atoms with van der Waals surface area (Å²) in [4.78, 5) is 12.0. The SMILES string of the molecule is CCSC1CCCCC1NC(=O)NC(CC)CCO. The fourth-order valence-corrected chi connectivity index (χ4v) is 3.80. The molecule has 3 atom stereocenters. The minimum absolute atomic E-state index is 0.0749. The summed E-state index contributed by atoms with van der Waals surface area (Å²) in [7, 11) is 0. The minimum Gasteiger partial charge on any atom is -0.396 e. The number of thioether (sulfide) groups is 1. The molecule has 2 amide bonds. The smallest absolute Gasteiger partial charge is 0.315 e. The summed E-state index contributed by atoms with van der Waals surface area (Å²) < 4.78 is 0. The van der Waals surface area contributed by atoms with Gasteiger partial charge in [-0.05, 0) is 31.4 Å². The average molecular weight is 288 g/mol. The van der Waals surface area contributed by atoms with E-state index in [1.165, 1.54) is 19.3 Å². The van der Waals surface area contributed by atoms with Gasteiger partial charge in [0.15, 0.2) is 0 Å². The van der Waals surface area contributed by atoms with Gasteiger partial charge >= 0.3 is 6.03 Å². The first-order chi connectivity index (χ1) is 9.21. The van der Waals surface area contributed by atoms with Gasteiger partial charge in [-0.15, -0.1) is 0 Å². The predicted molar refractivity (Wildman–Crippen MR) is 81.6 cm³/mol. The Morgan fingerprint density at radius 3 is 2.74 bits per heavy atom. The van der Waals surface area contributed by atoms with Crippen molar-refractivity contribution in [3.05, 3.63) is 0 Å². The van der Waals surface area contributed by atoms with E-state index in [4.69, 9.17) is 5.11 Å². The Morgan fingerprint density at radius 1 is 1.37 bits per heavy atom. The summed E-state index contributed by atoms with van der Waals surface area (Å²) in [6.07, 6.45) is 6.26. The molecule has 19 heavy (non-hydrogen) atoms. The van der Waals surface area contributed by atoms with Crippen molar-refractivity contribution in [2.24, 2.45) is 0 Å². The maximum Gasteiger partial charge on any atom is 0.315 e. The highest BCUT2D eigenvalue weighted by Crippen LogP contribution is 2.28. The van der Waals surface area contributed by atoms with Gasteiger partial charge in [0.2, 0.25) is 0 Å². The lowest BCUT2D eigenvalue weighted by Crippen LogP contribution is -2.50. The third kappa shape index (κ3) is 6.04. The van der Waals surface area contributed by atoms with Gasteiger partial charge in [-0.1, -0.05) is 26.7 Å². The van der Waals surface area contributed by atoms with Gasteiger partial charge in [-0.3, -0.25) is 0 Å². The first-order valence-corrected chi connectivity index (χ1v) is 8.55. The molecule has 0 bridgehead atoms. The highest BCUT2D eigenvalue weighted by Gasteiger charge is 2.26. The first kappa shape index (κ1) is 16.6. The van der Waals surface area contributed by atoms with E-state index in [9.17, 15) is 4.79 Å². The number of hydrogen-bond acceptors (Lipinski definition) is 3. The number of rotatable bonds is 7. The molecule has 1 rings (SSSR count). The Bertz CT molecular complexity index is 262. The molecule has 1 aliphatic rings. The van der Waals surface area contributed by atoms with Gasteiger partial charge < -0.3 is 15.7 Å². The summed E-state index contributed by atoms with van der Waals surface area (Å²) in [6, 6.07) is 0.296. The van der Waals surface area contributed by atoms with E-state index in [1.54, 1.807) is 0 Å². The third-order valence-electron chi connectivity index (χ3n) is 3.71. The number of hydrogen-bond donors (Lipinski definition) is 3. The van der Waals surface area contributed by atoms with Crippen molar-refractivity contribution in [1.29, 1.82) is 0 Å². The van der Waals surface area contributed by atoms with Gasteiger partial charge in [-0.25, -0.2) is 4.79 Å². The van der Waals surface area contributed by atoms with Crippen molar-refractivity contribution in [3.63, 3.8) is 0 Å². The number of urea groups is 1. The molecule has 0 aliphatic heterocycles. The van der Waals surface area contributed by atoms with Crippen LogP contribution in [0.2, 0.25) is 0 Å². The van der Waals surface area contributed by atoms with Crippen molar-refractivity contribution in [1.82, 2.24) is 10.6 Å². The molecule has 0 saturated heterocycles. The molecule has 4 nitrogen and oxygen atoms in total. The standard InChI is InChI=1S/C14H28N2O2S/c1-3-11(9-10-17)15-14(18)16-12-7-5-6-8-13(12)19-4-2/h11-13,17H,3-10H2,1-2H3,(H2,15,16,18). The monoisotopic (exact) mass is 288 g/mol. The van der Waals surface area contributed by atoms with Crippen LogP contribution in [-0.2, 0) is 0 Å². The molecule has 0 aromatic carbocycles. The molecule has 1 saturated carbocycles. The summed E-state index contributed by atoms with van der Waals surface area (Å²) in [5, 5.41) is 15.6. The number of nitrogens with one attached hydrogen (secondary N) is 2. The maximum atomic E-state index is 12.0. The minimum atomic E-state index is -0.0751. The van der Waals surface area contributed by atoms with Crippen LogP contribution in [0.1, 0.15) is 52.4 Å². The molecule has 5 heteroatoms. The van der Waals surface area contributed by atoms with Gasteiger partial charge in [0.25, 0.3) is 0 Å². The van der Waals surface area contributed by atoms with Crippen LogP contribution in [0.25, 0.3) is 0 Å². The number of aliphatic hydroxyl groups is 1. The Morgan fingerprint density at radius 2 is 2.11 bits per heavy atom. The van der Waals surface area contributed by atoms with Gasteiger partial charge in [0.1, 0.15) is 0 Å². The van der Waals surface area contributed by atoms with E-state index in [1.807, 2.05) is 18.7 Å². The van der Waals surface area contributed by atoms with E-state index in [2.05, 4.69) is 17.6 Å². The topological polar surface area (TPSA) is 61.4 Å². The van der Waals surface area contributed by atoms with Crippen molar-refractivity contribution >= 4 is 17.8 Å². The molecular weight excluding hydrogens is 260 g/mol. The molecule has 112 valence electrons. The van der Waals surface area contributed by atoms with Gasteiger partial charge in [-0.2, -0.15) is 11.8 Å². The number of carbonyl (C=O) groups is 1. The zero-order chi connectivity index (χ0) is 14.1. The van der Waals surface area contributed by atoms with Crippen LogP contribution in [0, 0.1) is 0 Å². The van der Waals surface area contributed by atoms with Crippen LogP contribution >= 0.6 is 11.8 Å². The van der Waals surface area contributed by atoms with Crippen LogP contribution < -0.4 is 10.6 Å². The van der Waals surface area contributed by atoms with Crippen LogP contribution in [0.4, 0.5) is 4.79 Å². The van der Waals surface area contributed by atoms with Crippen LogP contribution in [0.5, 0.6) is 0 Å². The molecule has 0 spiro atoms. The quantitative estimate of drug-likeness (QED) is 0.674. The van der Waals surface area contributed by atoms with Crippen molar-refractivity contribution < 1.29 is 9.90 Å². The Kier molecular flexibility index (Phi) is 8.30. The second-order valence-corrected chi connectivity index (χ2v) is 6.64. The maximum absolute atomic E-state index is 12.0. The van der Waals surface area contributed by atoms with E-state index in [-0.39, 0.29) is 18.7 Å². The first-order valence-electron chi connectivity index (χ1n) is 7.50. The molecule has 1 fully saturated rings. The van der Waals surface area contributed by atoms with Crippen LogP contribution in [0.3, 0.4) is 0 Å². The highest BCUT2D eigenvalue weighted by atomic mass is 32.2. The predicted octanol–water partition coefficient (Wildman–Crippen LogP) is 2.51. The Balaban J connectivity index is 2.40.